The molecule has 94 valence electrons. The Labute approximate surface area is 103 Å². The molecule has 0 aliphatic heterocycles. The van der Waals surface area contributed by atoms with E-state index in [1.165, 1.54) is 0 Å². The van der Waals surface area contributed by atoms with Crippen LogP contribution in [0.5, 0.6) is 0 Å². The van der Waals surface area contributed by atoms with Crippen molar-refractivity contribution >= 4 is 5.97 Å². The highest BCUT2D eigenvalue weighted by molar-refractivity contribution is 5.69. The van der Waals surface area contributed by atoms with Crippen LogP contribution in [0.2, 0.25) is 0 Å². The molecule has 0 aromatic heterocycles. The molecule has 0 N–H and O–H groups in total. The minimum atomic E-state index is -0.204. The van der Waals surface area contributed by atoms with Crippen LogP contribution in [0.4, 0.5) is 0 Å². The Balaban J connectivity index is 3.15. The number of rotatable bonds is 10. The van der Waals surface area contributed by atoms with Gasteiger partial charge in [-0.15, -0.1) is 0 Å². The molecule has 0 amide bonds. The van der Waals surface area contributed by atoms with Crippen molar-refractivity contribution < 1.29 is 9.53 Å². The number of carbonyl (C=O) groups is 1. The van der Waals surface area contributed by atoms with E-state index in [9.17, 15) is 4.79 Å². The minimum absolute atomic E-state index is 0.204. The van der Waals surface area contributed by atoms with Crippen molar-refractivity contribution in [3.63, 3.8) is 0 Å². The topological polar surface area (TPSA) is 73.9 Å². The number of nitrogens with zero attached hydrogens (tertiary/aromatic N) is 2. The highest BCUT2D eigenvalue weighted by atomic mass is 16.5. The first-order valence-corrected chi connectivity index (χ1v) is 6.20. The zero-order chi connectivity index (χ0) is 12.8. The highest BCUT2D eigenvalue weighted by Gasteiger charge is 2.01. The molecule has 0 bridgehead atoms. The Kier molecular flexibility index (Phi) is 11.4. The van der Waals surface area contributed by atoms with Crippen molar-refractivity contribution in [2.45, 2.75) is 57.8 Å². The molecule has 0 radical (unpaired) electrons. The van der Waals surface area contributed by atoms with Crippen LogP contribution in [0.25, 0.3) is 0 Å². The number of carbonyl (C=O) groups excluding carboxylic acids is 1. The SMILES string of the molecule is N#CCCCCCCCCC(=O)OCCC#N. The van der Waals surface area contributed by atoms with E-state index in [4.69, 9.17) is 15.3 Å². The third kappa shape index (κ3) is 12.4. The first-order valence-electron chi connectivity index (χ1n) is 6.20. The normalized spacial score (nSPS) is 9.29. The van der Waals surface area contributed by atoms with Crippen LogP contribution < -0.4 is 0 Å². The summed E-state index contributed by atoms with van der Waals surface area (Å²) >= 11 is 0. The number of unbranched alkanes of at least 4 members (excludes halogenated alkanes) is 6. The van der Waals surface area contributed by atoms with E-state index in [2.05, 4.69) is 6.07 Å². The molecule has 17 heavy (non-hydrogen) atoms. The van der Waals surface area contributed by atoms with Crippen LogP contribution in [0, 0.1) is 22.7 Å². The van der Waals surface area contributed by atoms with Gasteiger partial charge in [-0.05, 0) is 12.8 Å². The average molecular weight is 236 g/mol. The van der Waals surface area contributed by atoms with Crippen LogP contribution in [0.1, 0.15) is 57.8 Å². The van der Waals surface area contributed by atoms with Gasteiger partial charge in [-0.25, -0.2) is 0 Å². The zero-order valence-electron chi connectivity index (χ0n) is 10.3. The molecule has 0 aliphatic carbocycles. The fraction of sp³-hybridized carbons (Fsp3) is 0.769. The van der Waals surface area contributed by atoms with E-state index in [-0.39, 0.29) is 19.0 Å². The highest BCUT2D eigenvalue weighted by Crippen LogP contribution is 2.08. The Morgan fingerprint density at radius 3 is 2.12 bits per heavy atom. The molecule has 0 atom stereocenters. The zero-order valence-corrected chi connectivity index (χ0v) is 10.3. The summed E-state index contributed by atoms with van der Waals surface area (Å²) in [5.74, 6) is -0.204. The molecule has 0 fully saturated rings. The van der Waals surface area contributed by atoms with Crippen molar-refractivity contribution in [2.24, 2.45) is 0 Å². The van der Waals surface area contributed by atoms with Gasteiger partial charge in [-0.2, -0.15) is 10.5 Å². The number of hydrogen-bond acceptors (Lipinski definition) is 4. The van der Waals surface area contributed by atoms with Crippen LogP contribution in [-0.2, 0) is 9.53 Å². The quantitative estimate of drug-likeness (QED) is 0.431. The minimum Gasteiger partial charge on any atom is -0.465 e. The summed E-state index contributed by atoms with van der Waals surface area (Å²) < 4.78 is 4.84. The summed E-state index contributed by atoms with van der Waals surface area (Å²) in [5.41, 5.74) is 0. The maximum Gasteiger partial charge on any atom is 0.305 e. The van der Waals surface area contributed by atoms with Crippen LogP contribution >= 0.6 is 0 Å². The van der Waals surface area contributed by atoms with Crippen LogP contribution in [0.3, 0.4) is 0 Å². The van der Waals surface area contributed by atoms with Gasteiger partial charge in [-0.3, -0.25) is 4.79 Å². The number of ether oxygens (including phenoxy) is 1. The maximum absolute atomic E-state index is 11.1. The van der Waals surface area contributed by atoms with Gasteiger partial charge in [0.25, 0.3) is 0 Å². The summed E-state index contributed by atoms with van der Waals surface area (Å²) in [6.07, 6.45) is 7.55. The van der Waals surface area contributed by atoms with E-state index in [1.807, 2.05) is 6.07 Å². The number of esters is 1. The molecule has 0 aromatic rings. The molecule has 0 saturated carbocycles. The molecule has 4 heteroatoms. The van der Waals surface area contributed by atoms with Crippen molar-refractivity contribution in [3.05, 3.63) is 0 Å². The van der Waals surface area contributed by atoms with Crippen LogP contribution in [-0.4, -0.2) is 12.6 Å². The lowest BCUT2D eigenvalue weighted by molar-refractivity contribution is -0.143. The Morgan fingerprint density at radius 2 is 1.47 bits per heavy atom. The van der Waals surface area contributed by atoms with Crippen LogP contribution in [0.15, 0.2) is 0 Å². The summed E-state index contributed by atoms with van der Waals surface area (Å²) in [4.78, 5) is 11.1. The number of nitriles is 2. The second-order valence-corrected chi connectivity index (χ2v) is 3.91. The predicted octanol–water partition coefficient (Wildman–Crippen LogP) is 3.09. The largest absolute Gasteiger partial charge is 0.465 e. The molecule has 0 unspecified atom stereocenters. The van der Waals surface area contributed by atoms with Gasteiger partial charge < -0.3 is 4.74 Å². The summed E-state index contributed by atoms with van der Waals surface area (Å²) in [5, 5.41) is 16.6. The second-order valence-electron chi connectivity index (χ2n) is 3.91. The fourth-order valence-corrected chi connectivity index (χ4v) is 1.46. The first kappa shape index (κ1) is 15.4. The Morgan fingerprint density at radius 1 is 0.882 bits per heavy atom. The van der Waals surface area contributed by atoms with Gasteiger partial charge in [0.05, 0.1) is 18.6 Å². The lowest BCUT2D eigenvalue weighted by Crippen LogP contribution is -2.04. The van der Waals surface area contributed by atoms with Gasteiger partial charge in [0.2, 0.25) is 0 Å². The predicted molar refractivity (Wildman–Crippen MR) is 63.7 cm³/mol. The second kappa shape index (κ2) is 12.5. The number of hydrogen-bond donors (Lipinski definition) is 0. The molecule has 0 aromatic carbocycles. The third-order valence-corrected chi connectivity index (χ3v) is 2.40. The monoisotopic (exact) mass is 236 g/mol. The summed E-state index contributed by atoms with van der Waals surface area (Å²) in [6.45, 7) is 0.212. The molecule has 0 saturated heterocycles. The molecule has 0 spiro atoms. The van der Waals surface area contributed by atoms with Gasteiger partial charge in [0, 0.05) is 12.8 Å². The van der Waals surface area contributed by atoms with E-state index < -0.39 is 0 Å². The van der Waals surface area contributed by atoms with E-state index in [0.29, 0.717) is 12.8 Å². The standard InChI is InChI=1S/C13H20N2O2/c14-10-7-5-3-1-2-4-6-9-13(16)17-12-8-11-15/h1-9,12H2. The Hall–Kier alpha value is -1.55. The third-order valence-electron chi connectivity index (χ3n) is 2.40. The molecule has 0 aliphatic rings. The fourth-order valence-electron chi connectivity index (χ4n) is 1.46. The molecular weight excluding hydrogens is 216 g/mol. The average Bonchev–Trinajstić information content (AvgIpc) is 2.33. The van der Waals surface area contributed by atoms with Gasteiger partial charge in [-0.1, -0.05) is 25.7 Å². The molecule has 0 rings (SSSR count). The van der Waals surface area contributed by atoms with Gasteiger partial charge >= 0.3 is 5.97 Å². The van der Waals surface area contributed by atoms with E-state index in [1.54, 1.807) is 0 Å². The van der Waals surface area contributed by atoms with Crippen molar-refractivity contribution in [3.8, 4) is 12.1 Å². The van der Waals surface area contributed by atoms with Crippen molar-refractivity contribution in [1.82, 2.24) is 0 Å². The Bertz CT molecular complexity index is 276. The summed E-state index contributed by atoms with van der Waals surface area (Å²) in [7, 11) is 0. The smallest absolute Gasteiger partial charge is 0.305 e. The maximum atomic E-state index is 11.1. The summed E-state index contributed by atoms with van der Waals surface area (Å²) in [6, 6.07) is 4.05. The van der Waals surface area contributed by atoms with Gasteiger partial charge in [0.15, 0.2) is 0 Å². The molecule has 0 heterocycles. The van der Waals surface area contributed by atoms with Crippen molar-refractivity contribution in [1.29, 1.82) is 10.5 Å². The van der Waals surface area contributed by atoms with E-state index >= 15 is 0 Å². The van der Waals surface area contributed by atoms with E-state index in [0.717, 1.165) is 38.5 Å². The molecular formula is C13H20N2O2. The molecule has 4 nitrogen and oxygen atoms in total. The van der Waals surface area contributed by atoms with Crippen molar-refractivity contribution in [2.75, 3.05) is 6.61 Å². The lowest BCUT2D eigenvalue weighted by atomic mass is 10.1. The lowest BCUT2D eigenvalue weighted by Gasteiger charge is -2.02. The first-order chi connectivity index (χ1) is 8.31. The van der Waals surface area contributed by atoms with Gasteiger partial charge in [0.1, 0.15) is 6.61 Å².